The molecular weight excluding hydrogens is 290 g/mol. The van der Waals surface area contributed by atoms with E-state index in [0.717, 1.165) is 12.1 Å². The van der Waals surface area contributed by atoms with Crippen molar-refractivity contribution in [2.24, 2.45) is 0 Å². The van der Waals surface area contributed by atoms with E-state index in [0.29, 0.717) is 11.0 Å². The zero-order valence-corrected chi connectivity index (χ0v) is 11.0. The number of para-hydroxylation sites is 1. The molecule has 7 nitrogen and oxygen atoms in total. The highest BCUT2D eigenvalue weighted by atomic mass is 16.6. The van der Waals surface area contributed by atoms with Crippen molar-refractivity contribution in [3.63, 3.8) is 0 Å². The zero-order chi connectivity index (χ0) is 15.9. The van der Waals surface area contributed by atoms with E-state index in [2.05, 4.69) is 0 Å². The minimum absolute atomic E-state index is 0.0575. The van der Waals surface area contributed by atoms with Crippen LogP contribution in [0, 0.1) is 10.1 Å². The molecule has 0 aliphatic rings. The summed E-state index contributed by atoms with van der Waals surface area (Å²) in [6.45, 7) is 0. The van der Waals surface area contributed by atoms with Crippen LogP contribution in [0.5, 0.6) is 11.5 Å². The van der Waals surface area contributed by atoms with Crippen LogP contribution >= 0.6 is 0 Å². The first kappa shape index (κ1) is 13.6. The summed E-state index contributed by atoms with van der Waals surface area (Å²) in [5.74, 6) is -1.45. The summed E-state index contributed by atoms with van der Waals surface area (Å²) in [5.41, 5.74) is -0.553. The van der Waals surface area contributed by atoms with E-state index < -0.39 is 22.1 Å². The molecule has 7 heteroatoms. The highest BCUT2D eigenvalue weighted by Crippen LogP contribution is 2.39. The molecule has 0 atom stereocenters. The molecule has 0 saturated carbocycles. The third-order valence-electron chi connectivity index (χ3n) is 3.19. The molecule has 0 unspecified atom stereocenters. The number of benzene rings is 2. The van der Waals surface area contributed by atoms with Crippen LogP contribution in [0.1, 0.15) is 0 Å². The van der Waals surface area contributed by atoms with Crippen LogP contribution in [-0.4, -0.2) is 15.1 Å². The number of nitro benzene ring substituents is 1. The van der Waals surface area contributed by atoms with Gasteiger partial charge in [0.25, 0.3) is 0 Å². The highest BCUT2D eigenvalue weighted by molar-refractivity contribution is 5.79. The van der Waals surface area contributed by atoms with Crippen LogP contribution in [0.2, 0.25) is 0 Å². The van der Waals surface area contributed by atoms with Crippen molar-refractivity contribution >= 4 is 16.7 Å². The lowest BCUT2D eigenvalue weighted by atomic mass is 10.1. The Kier molecular flexibility index (Phi) is 3.03. The van der Waals surface area contributed by atoms with Gasteiger partial charge < -0.3 is 14.6 Å². The fraction of sp³-hybridized carbons (Fsp3) is 0. The van der Waals surface area contributed by atoms with Gasteiger partial charge in [0, 0.05) is 17.7 Å². The van der Waals surface area contributed by atoms with Gasteiger partial charge >= 0.3 is 5.69 Å². The van der Waals surface area contributed by atoms with Gasteiger partial charge in [0.1, 0.15) is 11.3 Å². The van der Waals surface area contributed by atoms with Gasteiger partial charge in [0.2, 0.25) is 5.75 Å². The van der Waals surface area contributed by atoms with Crippen molar-refractivity contribution in [1.82, 2.24) is 0 Å². The van der Waals surface area contributed by atoms with E-state index in [4.69, 9.17) is 4.42 Å². The van der Waals surface area contributed by atoms with Crippen molar-refractivity contribution in [3.8, 4) is 22.8 Å². The van der Waals surface area contributed by atoms with Gasteiger partial charge in [0.15, 0.2) is 11.2 Å². The molecule has 0 radical (unpaired) electrons. The molecule has 2 aromatic carbocycles. The van der Waals surface area contributed by atoms with Crippen molar-refractivity contribution < 1.29 is 19.6 Å². The molecule has 3 rings (SSSR count). The highest BCUT2D eigenvalue weighted by Gasteiger charge is 2.20. The van der Waals surface area contributed by atoms with Crippen molar-refractivity contribution in [1.29, 1.82) is 0 Å². The lowest BCUT2D eigenvalue weighted by Crippen LogP contribution is -2.00. The molecule has 0 aliphatic carbocycles. The van der Waals surface area contributed by atoms with Gasteiger partial charge in [-0.2, -0.15) is 0 Å². The van der Waals surface area contributed by atoms with Crippen molar-refractivity contribution in [2.45, 2.75) is 0 Å². The third kappa shape index (κ3) is 2.14. The topological polar surface area (TPSA) is 114 Å². The Labute approximate surface area is 122 Å². The van der Waals surface area contributed by atoms with Gasteiger partial charge in [-0.25, -0.2) is 0 Å². The molecule has 2 N–H and O–H groups in total. The van der Waals surface area contributed by atoms with E-state index in [1.807, 2.05) is 0 Å². The van der Waals surface area contributed by atoms with Crippen LogP contribution in [0.4, 0.5) is 5.69 Å². The SMILES string of the molecule is O=c1cc(-c2cc(O)c(O)c([N+](=O)[O-])c2)oc2ccccc12. The number of nitro groups is 1. The smallest absolute Gasteiger partial charge is 0.315 e. The summed E-state index contributed by atoms with van der Waals surface area (Å²) in [4.78, 5) is 22.1. The van der Waals surface area contributed by atoms with E-state index in [9.17, 15) is 25.1 Å². The lowest BCUT2D eigenvalue weighted by Gasteiger charge is -2.05. The molecule has 3 aromatic rings. The minimum Gasteiger partial charge on any atom is -0.504 e. The Morgan fingerprint density at radius 3 is 2.55 bits per heavy atom. The van der Waals surface area contributed by atoms with E-state index >= 15 is 0 Å². The van der Waals surface area contributed by atoms with Crippen LogP contribution in [0.25, 0.3) is 22.3 Å². The van der Waals surface area contributed by atoms with Crippen molar-refractivity contribution in [2.75, 3.05) is 0 Å². The predicted octanol–water partition coefficient (Wildman–Crippen LogP) is 2.78. The maximum absolute atomic E-state index is 12.0. The minimum atomic E-state index is -0.836. The van der Waals surface area contributed by atoms with Gasteiger partial charge in [0.05, 0.1) is 10.3 Å². The molecule has 0 spiro atoms. The van der Waals surface area contributed by atoms with E-state index in [1.54, 1.807) is 24.3 Å². The fourth-order valence-electron chi connectivity index (χ4n) is 2.13. The molecule has 1 aromatic heterocycles. The fourth-order valence-corrected chi connectivity index (χ4v) is 2.13. The Hall–Kier alpha value is -3.35. The van der Waals surface area contributed by atoms with Crippen LogP contribution < -0.4 is 5.43 Å². The first-order valence-corrected chi connectivity index (χ1v) is 6.21. The Bertz CT molecular complexity index is 960. The molecular formula is C15H9NO6. The summed E-state index contributed by atoms with van der Waals surface area (Å²) < 4.78 is 5.54. The van der Waals surface area contributed by atoms with Gasteiger partial charge in [-0.05, 0) is 18.2 Å². The number of hydrogen-bond acceptors (Lipinski definition) is 6. The molecule has 110 valence electrons. The summed E-state index contributed by atoms with van der Waals surface area (Å²) in [7, 11) is 0. The average Bonchev–Trinajstić information content (AvgIpc) is 2.49. The van der Waals surface area contributed by atoms with Gasteiger partial charge in [-0.3, -0.25) is 14.9 Å². The lowest BCUT2D eigenvalue weighted by molar-refractivity contribution is -0.385. The number of aromatic hydroxyl groups is 2. The normalized spacial score (nSPS) is 10.7. The number of phenols is 2. The van der Waals surface area contributed by atoms with Gasteiger partial charge in [-0.1, -0.05) is 12.1 Å². The van der Waals surface area contributed by atoms with Gasteiger partial charge in [-0.15, -0.1) is 0 Å². The quantitative estimate of drug-likeness (QED) is 0.427. The predicted molar refractivity (Wildman–Crippen MR) is 77.9 cm³/mol. The van der Waals surface area contributed by atoms with Crippen LogP contribution in [0.3, 0.4) is 0 Å². The Morgan fingerprint density at radius 1 is 1.09 bits per heavy atom. The Balaban J connectivity index is 2.28. The van der Waals surface area contributed by atoms with E-state index in [1.165, 1.54) is 6.07 Å². The molecule has 22 heavy (non-hydrogen) atoms. The zero-order valence-electron chi connectivity index (χ0n) is 11.0. The average molecular weight is 299 g/mol. The monoisotopic (exact) mass is 299 g/mol. The first-order valence-electron chi connectivity index (χ1n) is 6.21. The Morgan fingerprint density at radius 2 is 1.82 bits per heavy atom. The number of nitrogens with zero attached hydrogens (tertiary/aromatic N) is 1. The molecule has 0 bridgehead atoms. The number of fused-ring (bicyclic) bond motifs is 1. The second-order valence-corrected chi connectivity index (χ2v) is 4.59. The molecule has 0 saturated heterocycles. The molecule has 0 amide bonds. The summed E-state index contributed by atoms with van der Waals surface area (Å²) in [5, 5.41) is 30.3. The van der Waals surface area contributed by atoms with Crippen molar-refractivity contribution in [3.05, 3.63) is 62.8 Å². The largest absolute Gasteiger partial charge is 0.504 e. The molecule has 0 aliphatic heterocycles. The number of hydrogen-bond donors (Lipinski definition) is 2. The number of rotatable bonds is 2. The third-order valence-corrected chi connectivity index (χ3v) is 3.19. The summed E-state index contributed by atoms with van der Waals surface area (Å²) in [6.07, 6.45) is 0. The maximum Gasteiger partial charge on any atom is 0.315 e. The van der Waals surface area contributed by atoms with E-state index in [-0.39, 0.29) is 16.8 Å². The first-order chi connectivity index (χ1) is 10.5. The standard InChI is InChI=1S/C15H9NO6/c17-11-7-14(22-13-4-2-1-3-9(11)13)8-5-10(16(20)21)15(19)12(18)6-8/h1-7,18-19H. The maximum atomic E-state index is 12.0. The van der Waals surface area contributed by atoms with Crippen LogP contribution in [-0.2, 0) is 0 Å². The molecule has 1 heterocycles. The molecule has 0 fully saturated rings. The number of phenolic OH excluding ortho intramolecular Hbond substituents is 2. The van der Waals surface area contributed by atoms with Crippen LogP contribution in [0.15, 0.2) is 51.7 Å². The summed E-state index contributed by atoms with van der Waals surface area (Å²) >= 11 is 0. The summed E-state index contributed by atoms with van der Waals surface area (Å²) in [6, 6.07) is 9.87. The second-order valence-electron chi connectivity index (χ2n) is 4.59. The second kappa shape index (κ2) is 4.88.